The second kappa shape index (κ2) is 4.53. The first-order valence-electron chi connectivity index (χ1n) is 6.55. The van der Waals surface area contributed by atoms with Gasteiger partial charge in [-0.1, -0.05) is 20.3 Å². The minimum Gasteiger partial charge on any atom is -0.481 e. The Morgan fingerprint density at radius 1 is 1.22 bits per heavy atom. The van der Waals surface area contributed by atoms with Gasteiger partial charge >= 0.3 is 5.97 Å². The Morgan fingerprint density at radius 3 is 2.33 bits per heavy atom. The number of aliphatic carboxylic acids is 1. The van der Waals surface area contributed by atoms with Gasteiger partial charge in [0.15, 0.2) is 0 Å². The molecule has 0 spiro atoms. The van der Waals surface area contributed by atoms with Gasteiger partial charge in [0.2, 0.25) is 5.91 Å². The van der Waals surface area contributed by atoms with E-state index >= 15 is 0 Å². The van der Waals surface area contributed by atoms with Crippen molar-refractivity contribution in [1.82, 2.24) is 5.32 Å². The number of aliphatic hydroxyl groups is 1. The van der Waals surface area contributed by atoms with Crippen LogP contribution in [0.15, 0.2) is 0 Å². The van der Waals surface area contributed by atoms with Gasteiger partial charge in [0.1, 0.15) is 0 Å². The molecule has 0 aliphatic heterocycles. The molecule has 4 unspecified atom stereocenters. The molecule has 5 heteroatoms. The lowest BCUT2D eigenvalue weighted by atomic mass is 9.64. The van der Waals surface area contributed by atoms with Gasteiger partial charge in [-0.3, -0.25) is 9.59 Å². The molecule has 2 aliphatic carbocycles. The van der Waals surface area contributed by atoms with Gasteiger partial charge in [-0.05, 0) is 19.3 Å². The van der Waals surface area contributed by atoms with E-state index in [1.165, 1.54) is 0 Å². The number of carboxylic acids is 1. The number of rotatable bonds is 3. The minimum absolute atomic E-state index is 0.0463. The molecule has 0 aromatic carbocycles. The molecule has 0 aromatic heterocycles. The van der Waals surface area contributed by atoms with Crippen LogP contribution in [0.1, 0.15) is 39.5 Å². The molecule has 2 aliphatic rings. The van der Waals surface area contributed by atoms with E-state index < -0.39 is 17.8 Å². The van der Waals surface area contributed by atoms with Crippen molar-refractivity contribution in [2.75, 3.05) is 0 Å². The fraction of sp³-hybridized carbons (Fsp3) is 0.846. The normalized spacial score (nSPS) is 37.9. The fourth-order valence-corrected chi connectivity index (χ4v) is 3.00. The van der Waals surface area contributed by atoms with Crippen molar-refractivity contribution in [2.24, 2.45) is 17.3 Å². The van der Waals surface area contributed by atoms with E-state index in [1.807, 2.05) is 13.8 Å². The maximum atomic E-state index is 12.1. The maximum Gasteiger partial charge on any atom is 0.307 e. The summed E-state index contributed by atoms with van der Waals surface area (Å²) in [5, 5.41) is 21.6. The third kappa shape index (κ3) is 2.11. The molecular formula is C13H21NO4. The van der Waals surface area contributed by atoms with Crippen molar-refractivity contribution in [3.63, 3.8) is 0 Å². The van der Waals surface area contributed by atoms with Crippen molar-refractivity contribution < 1.29 is 19.8 Å². The Morgan fingerprint density at radius 2 is 1.83 bits per heavy atom. The summed E-state index contributed by atoms with van der Waals surface area (Å²) in [6, 6.07) is -0.0463. The van der Waals surface area contributed by atoms with Gasteiger partial charge in [0.25, 0.3) is 0 Å². The average Bonchev–Trinajstić information content (AvgIpc) is 2.77. The Kier molecular flexibility index (Phi) is 3.36. The molecule has 0 saturated heterocycles. The molecule has 0 bridgehead atoms. The van der Waals surface area contributed by atoms with Crippen molar-refractivity contribution in [3.05, 3.63) is 0 Å². The number of carbonyl (C=O) groups is 2. The molecule has 0 heterocycles. The van der Waals surface area contributed by atoms with E-state index in [-0.39, 0.29) is 23.5 Å². The highest BCUT2D eigenvalue weighted by Crippen LogP contribution is 2.41. The third-order valence-electron chi connectivity index (χ3n) is 4.70. The first-order chi connectivity index (χ1) is 8.34. The first kappa shape index (κ1) is 13.3. The van der Waals surface area contributed by atoms with Crippen LogP contribution in [-0.4, -0.2) is 34.2 Å². The number of aliphatic hydroxyl groups excluding tert-OH is 1. The van der Waals surface area contributed by atoms with Gasteiger partial charge in [-0.15, -0.1) is 0 Å². The summed E-state index contributed by atoms with van der Waals surface area (Å²) in [6.07, 6.45) is 2.21. The van der Waals surface area contributed by atoms with Crippen molar-refractivity contribution in [1.29, 1.82) is 0 Å². The lowest BCUT2D eigenvalue weighted by Crippen LogP contribution is -2.62. The maximum absolute atomic E-state index is 12.1. The monoisotopic (exact) mass is 255 g/mol. The zero-order chi connectivity index (χ0) is 13.5. The lowest BCUT2D eigenvalue weighted by Gasteiger charge is -2.49. The Hall–Kier alpha value is -1.10. The van der Waals surface area contributed by atoms with Crippen LogP contribution in [0.4, 0.5) is 0 Å². The van der Waals surface area contributed by atoms with Crippen LogP contribution in [0.2, 0.25) is 0 Å². The smallest absolute Gasteiger partial charge is 0.307 e. The van der Waals surface area contributed by atoms with E-state index in [1.54, 1.807) is 0 Å². The van der Waals surface area contributed by atoms with Gasteiger partial charge in [0, 0.05) is 11.5 Å². The minimum atomic E-state index is -0.874. The molecule has 5 nitrogen and oxygen atoms in total. The van der Waals surface area contributed by atoms with Crippen molar-refractivity contribution in [3.8, 4) is 0 Å². The number of nitrogens with one attached hydrogen (secondary N) is 1. The van der Waals surface area contributed by atoms with E-state index in [0.717, 1.165) is 6.42 Å². The van der Waals surface area contributed by atoms with Gasteiger partial charge in [-0.25, -0.2) is 0 Å². The summed E-state index contributed by atoms with van der Waals surface area (Å²) in [6.45, 7) is 3.82. The van der Waals surface area contributed by atoms with Crippen LogP contribution in [0.25, 0.3) is 0 Å². The standard InChI is InChI=1S/C13H21NO4/c1-13(2)9(6-10(13)15)14-11(16)7-4-3-5-8(7)12(17)18/h7-10,15H,3-6H2,1-2H3,(H,14,16)(H,17,18). The summed E-state index contributed by atoms with van der Waals surface area (Å²) < 4.78 is 0. The molecule has 18 heavy (non-hydrogen) atoms. The van der Waals surface area contributed by atoms with Crippen molar-refractivity contribution in [2.45, 2.75) is 51.7 Å². The highest BCUT2D eigenvalue weighted by molar-refractivity contribution is 5.85. The molecule has 2 fully saturated rings. The molecular weight excluding hydrogens is 234 g/mol. The van der Waals surface area contributed by atoms with Crippen LogP contribution in [0.5, 0.6) is 0 Å². The number of hydrogen-bond donors (Lipinski definition) is 3. The highest BCUT2D eigenvalue weighted by atomic mass is 16.4. The number of carboxylic acid groups (broad SMARTS) is 1. The predicted molar refractivity (Wildman–Crippen MR) is 64.8 cm³/mol. The number of hydrogen-bond acceptors (Lipinski definition) is 3. The Bertz CT molecular complexity index is 366. The molecule has 1 amide bonds. The van der Waals surface area contributed by atoms with Gasteiger partial charge in [-0.2, -0.15) is 0 Å². The quantitative estimate of drug-likeness (QED) is 0.695. The summed E-state index contributed by atoms with van der Waals surface area (Å²) >= 11 is 0. The summed E-state index contributed by atoms with van der Waals surface area (Å²) in [5.41, 5.74) is -0.313. The first-order valence-corrected chi connectivity index (χ1v) is 6.55. The molecule has 4 atom stereocenters. The zero-order valence-corrected chi connectivity index (χ0v) is 10.8. The summed E-state index contributed by atoms with van der Waals surface area (Å²) in [4.78, 5) is 23.1. The summed E-state index contributed by atoms with van der Waals surface area (Å²) in [7, 11) is 0. The van der Waals surface area contributed by atoms with Crippen LogP contribution < -0.4 is 5.32 Å². The van der Waals surface area contributed by atoms with Crippen LogP contribution in [-0.2, 0) is 9.59 Å². The molecule has 2 saturated carbocycles. The Balaban J connectivity index is 1.95. The van der Waals surface area contributed by atoms with Crippen molar-refractivity contribution >= 4 is 11.9 Å². The molecule has 0 radical (unpaired) electrons. The van der Waals surface area contributed by atoms with Crippen LogP contribution in [0, 0.1) is 17.3 Å². The van der Waals surface area contributed by atoms with E-state index in [2.05, 4.69) is 5.32 Å². The van der Waals surface area contributed by atoms with Crippen LogP contribution >= 0.6 is 0 Å². The highest BCUT2D eigenvalue weighted by Gasteiger charge is 2.49. The van der Waals surface area contributed by atoms with E-state index in [0.29, 0.717) is 19.3 Å². The Labute approximate surface area is 107 Å². The second-order valence-electron chi connectivity index (χ2n) is 6.12. The molecule has 102 valence electrons. The van der Waals surface area contributed by atoms with Crippen LogP contribution in [0.3, 0.4) is 0 Å². The molecule has 2 rings (SSSR count). The largest absolute Gasteiger partial charge is 0.481 e. The fourth-order valence-electron chi connectivity index (χ4n) is 3.00. The number of carbonyl (C=O) groups excluding carboxylic acids is 1. The van der Waals surface area contributed by atoms with E-state index in [4.69, 9.17) is 5.11 Å². The van der Waals surface area contributed by atoms with Gasteiger partial charge < -0.3 is 15.5 Å². The second-order valence-corrected chi connectivity index (χ2v) is 6.12. The summed E-state index contributed by atoms with van der Waals surface area (Å²) in [5.74, 6) is -1.99. The molecule has 3 N–H and O–H groups in total. The topological polar surface area (TPSA) is 86.6 Å². The van der Waals surface area contributed by atoms with Gasteiger partial charge in [0.05, 0.1) is 17.9 Å². The number of amides is 1. The lowest BCUT2D eigenvalue weighted by molar-refractivity contribution is -0.147. The zero-order valence-electron chi connectivity index (χ0n) is 10.8. The van der Waals surface area contributed by atoms with E-state index in [9.17, 15) is 14.7 Å². The molecule has 0 aromatic rings. The predicted octanol–water partition coefficient (Wildman–Crippen LogP) is 0.763. The SMILES string of the molecule is CC1(C)C(O)CC1NC(=O)C1CCCC1C(=O)O. The third-order valence-corrected chi connectivity index (χ3v) is 4.70. The average molecular weight is 255 g/mol.